The Balaban J connectivity index is 2.06. The molecule has 94 valence electrons. The fourth-order valence-electron chi connectivity index (χ4n) is 2.71. The number of rotatable bonds is 2. The second kappa shape index (κ2) is 4.58. The second-order valence-electron chi connectivity index (χ2n) is 5.10. The predicted molar refractivity (Wildman–Crippen MR) is 73.3 cm³/mol. The SMILES string of the molecule is Cc1cccc(-n2cncc2C2CCNC2)c1C. The van der Waals surface area contributed by atoms with E-state index in [0.29, 0.717) is 5.92 Å². The quantitative estimate of drug-likeness (QED) is 0.875. The van der Waals surface area contributed by atoms with E-state index < -0.39 is 0 Å². The molecule has 0 saturated carbocycles. The molecule has 0 radical (unpaired) electrons. The molecule has 0 spiro atoms. The first-order valence-electron chi connectivity index (χ1n) is 6.57. The molecule has 3 nitrogen and oxygen atoms in total. The van der Waals surface area contributed by atoms with Crippen LogP contribution in [0.4, 0.5) is 0 Å². The molecule has 18 heavy (non-hydrogen) atoms. The Hall–Kier alpha value is -1.61. The summed E-state index contributed by atoms with van der Waals surface area (Å²) in [4.78, 5) is 4.35. The zero-order valence-corrected chi connectivity index (χ0v) is 11.0. The lowest BCUT2D eigenvalue weighted by Crippen LogP contribution is -2.11. The van der Waals surface area contributed by atoms with Crippen LogP contribution in [0.1, 0.15) is 29.2 Å². The molecule has 1 fully saturated rings. The number of nitrogens with one attached hydrogen (secondary N) is 1. The molecular formula is C15H19N3. The number of aryl methyl sites for hydroxylation is 1. The van der Waals surface area contributed by atoms with Gasteiger partial charge in [-0.25, -0.2) is 4.98 Å². The van der Waals surface area contributed by atoms with Crippen molar-refractivity contribution in [2.75, 3.05) is 13.1 Å². The van der Waals surface area contributed by atoms with E-state index in [9.17, 15) is 0 Å². The first kappa shape index (κ1) is 11.5. The highest BCUT2D eigenvalue weighted by atomic mass is 15.1. The zero-order valence-electron chi connectivity index (χ0n) is 11.0. The smallest absolute Gasteiger partial charge is 0.0994 e. The highest BCUT2D eigenvalue weighted by molar-refractivity contribution is 5.46. The van der Waals surface area contributed by atoms with E-state index in [1.165, 1.54) is 28.9 Å². The van der Waals surface area contributed by atoms with Crippen LogP contribution in [0, 0.1) is 13.8 Å². The Morgan fingerprint density at radius 3 is 3.00 bits per heavy atom. The Kier molecular flexibility index (Phi) is 2.92. The highest BCUT2D eigenvalue weighted by Crippen LogP contribution is 2.26. The lowest BCUT2D eigenvalue weighted by Gasteiger charge is -2.15. The average Bonchev–Trinajstić information content (AvgIpc) is 3.01. The molecule has 1 saturated heterocycles. The van der Waals surface area contributed by atoms with Crippen molar-refractivity contribution < 1.29 is 0 Å². The fraction of sp³-hybridized carbons (Fsp3) is 0.400. The van der Waals surface area contributed by atoms with Gasteiger partial charge >= 0.3 is 0 Å². The summed E-state index contributed by atoms with van der Waals surface area (Å²) in [6.45, 7) is 6.52. The molecule has 0 amide bonds. The van der Waals surface area contributed by atoms with Gasteiger partial charge in [-0.3, -0.25) is 0 Å². The van der Waals surface area contributed by atoms with E-state index in [4.69, 9.17) is 0 Å². The summed E-state index contributed by atoms with van der Waals surface area (Å²) in [5.41, 5.74) is 5.25. The molecule has 0 bridgehead atoms. The van der Waals surface area contributed by atoms with Crippen LogP contribution in [0.25, 0.3) is 5.69 Å². The van der Waals surface area contributed by atoms with Crippen LogP contribution in [-0.2, 0) is 0 Å². The molecule has 3 rings (SSSR count). The van der Waals surface area contributed by atoms with Crippen LogP contribution < -0.4 is 5.32 Å². The third-order valence-corrected chi connectivity index (χ3v) is 3.98. The van der Waals surface area contributed by atoms with E-state index in [2.05, 4.69) is 46.9 Å². The predicted octanol–water partition coefficient (Wildman–Crippen LogP) is 2.57. The summed E-state index contributed by atoms with van der Waals surface area (Å²) >= 11 is 0. The molecule has 3 heteroatoms. The van der Waals surface area contributed by atoms with E-state index in [1.807, 2.05) is 12.5 Å². The molecule has 1 aromatic heterocycles. The minimum Gasteiger partial charge on any atom is -0.316 e. The Morgan fingerprint density at radius 2 is 2.22 bits per heavy atom. The summed E-state index contributed by atoms with van der Waals surface area (Å²) < 4.78 is 2.25. The van der Waals surface area contributed by atoms with Crippen molar-refractivity contribution in [1.82, 2.24) is 14.9 Å². The lowest BCUT2D eigenvalue weighted by molar-refractivity contribution is 0.712. The lowest BCUT2D eigenvalue weighted by atomic mass is 10.0. The van der Waals surface area contributed by atoms with E-state index in [-0.39, 0.29) is 0 Å². The van der Waals surface area contributed by atoms with Crippen molar-refractivity contribution >= 4 is 0 Å². The third-order valence-electron chi connectivity index (χ3n) is 3.98. The number of nitrogens with zero attached hydrogens (tertiary/aromatic N) is 2. The van der Waals surface area contributed by atoms with Gasteiger partial charge in [0.25, 0.3) is 0 Å². The molecule has 2 aromatic rings. The monoisotopic (exact) mass is 241 g/mol. The first-order chi connectivity index (χ1) is 8.77. The van der Waals surface area contributed by atoms with Crippen LogP contribution in [0.5, 0.6) is 0 Å². The summed E-state index contributed by atoms with van der Waals surface area (Å²) in [6.07, 6.45) is 5.16. The van der Waals surface area contributed by atoms with Gasteiger partial charge in [0.15, 0.2) is 0 Å². The van der Waals surface area contributed by atoms with Crippen LogP contribution >= 0.6 is 0 Å². The third kappa shape index (κ3) is 1.85. The molecule has 1 unspecified atom stereocenters. The Bertz CT molecular complexity index is 551. The fourth-order valence-corrected chi connectivity index (χ4v) is 2.71. The Labute approximate surface area is 108 Å². The van der Waals surface area contributed by atoms with Gasteiger partial charge < -0.3 is 9.88 Å². The standard InChI is InChI=1S/C15H19N3/c1-11-4-3-5-14(12(11)2)18-10-17-9-15(18)13-6-7-16-8-13/h3-5,9-10,13,16H,6-8H2,1-2H3. The molecule has 2 heterocycles. The molecule has 1 aliphatic heterocycles. The number of aromatic nitrogens is 2. The van der Waals surface area contributed by atoms with Gasteiger partial charge in [0.05, 0.1) is 6.33 Å². The number of imidazole rings is 1. The maximum Gasteiger partial charge on any atom is 0.0994 e. The van der Waals surface area contributed by atoms with Gasteiger partial charge in [-0.15, -0.1) is 0 Å². The summed E-state index contributed by atoms with van der Waals surface area (Å²) in [7, 11) is 0. The van der Waals surface area contributed by atoms with Crippen LogP contribution in [-0.4, -0.2) is 22.6 Å². The molecular weight excluding hydrogens is 222 g/mol. The summed E-state index contributed by atoms with van der Waals surface area (Å²) in [5.74, 6) is 0.590. The maximum absolute atomic E-state index is 4.35. The van der Waals surface area contributed by atoms with Gasteiger partial charge in [-0.1, -0.05) is 12.1 Å². The minimum atomic E-state index is 0.590. The summed E-state index contributed by atoms with van der Waals surface area (Å²) in [6, 6.07) is 6.46. The van der Waals surface area contributed by atoms with Crippen molar-refractivity contribution in [3.63, 3.8) is 0 Å². The van der Waals surface area contributed by atoms with Gasteiger partial charge in [0.2, 0.25) is 0 Å². The number of hydrogen-bond donors (Lipinski definition) is 1. The van der Waals surface area contributed by atoms with Gasteiger partial charge in [0.1, 0.15) is 0 Å². The largest absolute Gasteiger partial charge is 0.316 e. The van der Waals surface area contributed by atoms with Crippen LogP contribution in [0.2, 0.25) is 0 Å². The number of benzene rings is 1. The molecule has 0 aliphatic carbocycles. The number of hydrogen-bond acceptors (Lipinski definition) is 2. The molecule has 1 aliphatic rings. The topological polar surface area (TPSA) is 29.9 Å². The molecule has 1 atom stereocenters. The summed E-state index contributed by atoms with van der Waals surface area (Å²) in [5, 5.41) is 3.42. The zero-order chi connectivity index (χ0) is 12.5. The van der Waals surface area contributed by atoms with Gasteiger partial charge in [-0.2, -0.15) is 0 Å². The minimum absolute atomic E-state index is 0.590. The van der Waals surface area contributed by atoms with Gasteiger partial charge in [-0.05, 0) is 44.0 Å². The van der Waals surface area contributed by atoms with Crippen molar-refractivity contribution in [3.8, 4) is 5.69 Å². The Morgan fingerprint density at radius 1 is 1.33 bits per heavy atom. The van der Waals surface area contributed by atoms with Crippen molar-refractivity contribution in [2.24, 2.45) is 0 Å². The highest BCUT2D eigenvalue weighted by Gasteiger charge is 2.21. The van der Waals surface area contributed by atoms with Crippen LogP contribution in [0.15, 0.2) is 30.7 Å². The van der Waals surface area contributed by atoms with E-state index >= 15 is 0 Å². The van der Waals surface area contributed by atoms with Crippen LogP contribution in [0.3, 0.4) is 0 Å². The molecule has 1 N–H and O–H groups in total. The normalized spacial score (nSPS) is 19.3. The maximum atomic E-state index is 4.35. The molecule has 1 aromatic carbocycles. The van der Waals surface area contributed by atoms with Crippen molar-refractivity contribution in [3.05, 3.63) is 47.5 Å². The van der Waals surface area contributed by atoms with Crippen molar-refractivity contribution in [2.45, 2.75) is 26.2 Å². The van der Waals surface area contributed by atoms with Gasteiger partial charge in [0, 0.05) is 30.0 Å². The van der Waals surface area contributed by atoms with E-state index in [0.717, 1.165) is 13.1 Å². The average molecular weight is 241 g/mol. The van der Waals surface area contributed by atoms with E-state index in [1.54, 1.807) is 0 Å². The first-order valence-corrected chi connectivity index (χ1v) is 6.57. The second-order valence-corrected chi connectivity index (χ2v) is 5.10. The van der Waals surface area contributed by atoms with Crippen molar-refractivity contribution in [1.29, 1.82) is 0 Å².